The first kappa shape index (κ1) is 18.8. The van der Waals surface area contributed by atoms with Crippen molar-refractivity contribution in [3.8, 4) is 0 Å². The number of aromatic nitrogens is 2. The first-order valence-corrected chi connectivity index (χ1v) is 9.84. The molecule has 2 aromatic heterocycles. The summed E-state index contributed by atoms with van der Waals surface area (Å²) in [6, 6.07) is 6.47. The normalized spacial score (nSPS) is 10.8. The number of nitrogens with one attached hydrogen (secondary N) is 1. The van der Waals surface area contributed by atoms with Gasteiger partial charge in [0.25, 0.3) is 0 Å². The zero-order chi connectivity index (χ0) is 18.7. The van der Waals surface area contributed by atoms with Gasteiger partial charge in [0.15, 0.2) is 5.82 Å². The Kier molecular flexibility index (Phi) is 5.88. The van der Waals surface area contributed by atoms with E-state index in [2.05, 4.69) is 31.2 Å². The molecule has 0 saturated carbocycles. The largest absolute Gasteiger partial charge is 0.352 e. The van der Waals surface area contributed by atoms with E-state index in [0.717, 1.165) is 11.1 Å². The second kappa shape index (κ2) is 8.14. The fraction of sp³-hybridized carbons (Fsp3) is 0.158. The Morgan fingerprint density at radius 2 is 1.92 bits per heavy atom. The Bertz CT molecular complexity index is 950. The number of rotatable bonds is 5. The summed E-state index contributed by atoms with van der Waals surface area (Å²) >= 11 is 4.51. The quantitative estimate of drug-likeness (QED) is 0.507. The number of pyridine rings is 2. The maximum atomic E-state index is 14.5. The molecular formula is C19H16BrF2N3S. The van der Waals surface area contributed by atoms with Gasteiger partial charge in [-0.05, 0) is 54.1 Å². The zero-order valence-electron chi connectivity index (χ0n) is 14.2. The van der Waals surface area contributed by atoms with Crippen molar-refractivity contribution < 1.29 is 8.78 Å². The van der Waals surface area contributed by atoms with Crippen LogP contribution in [0.3, 0.4) is 0 Å². The number of thioether (sulfide) groups is 1. The van der Waals surface area contributed by atoms with E-state index >= 15 is 0 Å². The highest BCUT2D eigenvalue weighted by molar-refractivity contribution is 9.10. The van der Waals surface area contributed by atoms with Crippen molar-refractivity contribution in [3.63, 3.8) is 0 Å². The summed E-state index contributed by atoms with van der Waals surface area (Å²) in [5, 5.41) is 3.44. The van der Waals surface area contributed by atoms with Gasteiger partial charge in [0.1, 0.15) is 10.8 Å². The van der Waals surface area contributed by atoms with Crippen molar-refractivity contribution in [2.75, 3.05) is 11.6 Å². The fourth-order valence-corrected chi connectivity index (χ4v) is 3.36. The summed E-state index contributed by atoms with van der Waals surface area (Å²) < 4.78 is 29.2. The molecule has 0 saturated heterocycles. The van der Waals surface area contributed by atoms with Crippen molar-refractivity contribution in [1.82, 2.24) is 9.97 Å². The Labute approximate surface area is 163 Å². The smallest absolute Gasteiger partial charge is 0.158 e. The van der Waals surface area contributed by atoms with Gasteiger partial charge >= 0.3 is 0 Å². The van der Waals surface area contributed by atoms with E-state index in [0.29, 0.717) is 32.9 Å². The summed E-state index contributed by atoms with van der Waals surface area (Å²) in [6.45, 7) is 1.91. The number of nitrogens with zero attached hydrogens (tertiary/aromatic N) is 2. The number of benzene rings is 1. The molecule has 1 N–H and O–H groups in total. The third-order valence-corrected chi connectivity index (χ3v) is 5.20. The lowest BCUT2D eigenvalue weighted by atomic mass is 10.0. The Morgan fingerprint density at radius 3 is 2.65 bits per heavy atom. The van der Waals surface area contributed by atoms with E-state index in [1.54, 1.807) is 43.0 Å². The Morgan fingerprint density at radius 1 is 1.12 bits per heavy atom. The summed E-state index contributed by atoms with van der Waals surface area (Å²) in [4.78, 5) is 8.25. The summed E-state index contributed by atoms with van der Waals surface area (Å²) in [5.41, 5.74) is 3.36. The van der Waals surface area contributed by atoms with Crippen LogP contribution in [0.1, 0.15) is 16.7 Å². The van der Waals surface area contributed by atoms with Crippen LogP contribution in [0.2, 0.25) is 0 Å². The third-order valence-electron chi connectivity index (χ3n) is 4.03. The van der Waals surface area contributed by atoms with Crippen LogP contribution in [0.4, 0.5) is 20.2 Å². The van der Waals surface area contributed by atoms with Gasteiger partial charge in [-0.15, -0.1) is 11.8 Å². The monoisotopic (exact) mass is 435 g/mol. The summed E-state index contributed by atoms with van der Waals surface area (Å²) in [6.07, 6.45) is 7.12. The lowest BCUT2D eigenvalue weighted by Gasteiger charge is -2.14. The highest BCUT2D eigenvalue weighted by Gasteiger charge is 2.13. The molecule has 0 aliphatic carbocycles. The molecule has 7 heteroatoms. The zero-order valence-corrected chi connectivity index (χ0v) is 16.6. The molecule has 0 aliphatic heterocycles. The molecule has 0 amide bonds. The minimum atomic E-state index is -0.367. The average molecular weight is 436 g/mol. The number of halogens is 3. The van der Waals surface area contributed by atoms with E-state index in [4.69, 9.17) is 0 Å². The number of anilines is 2. The molecule has 134 valence electrons. The molecule has 2 heterocycles. The van der Waals surface area contributed by atoms with E-state index in [1.165, 1.54) is 17.8 Å². The molecule has 0 unspecified atom stereocenters. The summed E-state index contributed by atoms with van der Waals surface area (Å²) in [5.74, 6) is -0.675. The molecule has 3 rings (SSSR count). The summed E-state index contributed by atoms with van der Waals surface area (Å²) in [7, 11) is 0. The Balaban J connectivity index is 1.90. The molecule has 0 radical (unpaired) electrons. The number of hydrogen-bond acceptors (Lipinski definition) is 4. The minimum Gasteiger partial charge on any atom is -0.352 e. The molecule has 0 atom stereocenters. The van der Waals surface area contributed by atoms with Crippen LogP contribution in [-0.4, -0.2) is 16.2 Å². The first-order valence-electron chi connectivity index (χ1n) is 7.82. The molecule has 0 aliphatic rings. The third kappa shape index (κ3) is 4.04. The van der Waals surface area contributed by atoms with Crippen molar-refractivity contribution in [2.24, 2.45) is 0 Å². The van der Waals surface area contributed by atoms with Crippen LogP contribution in [-0.2, 0) is 6.42 Å². The number of hydrogen-bond donors (Lipinski definition) is 1. The molecule has 0 fully saturated rings. The second-order valence-corrected chi connectivity index (χ2v) is 7.40. The predicted octanol–water partition coefficient (Wildman–Crippen LogP) is 5.88. The van der Waals surface area contributed by atoms with Gasteiger partial charge in [-0.25, -0.2) is 13.8 Å². The van der Waals surface area contributed by atoms with Crippen LogP contribution in [0, 0.1) is 18.6 Å². The van der Waals surface area contributed by atoms with Crippen LogP contribution >= 0.6 is 27.7 Å². The van der Waals surface area contributed by atoms with Crippen molar-refractivity contribution in [3.05, 3.63) is 75.7 Å². The van der Waals surface area contributed by atoms with E-state index in [1.807, 2.05) is 6.92 Å². The maximum absolute atomic E-state index is 14.5. The van der Waals surface area contributed by atoms with E-state index in [-0.39, 0.29) is 11.6 Å². The van der Waals surface area contributed by atoms with Gasteiger partial charge in [-0.2, -0.15) is 0 Å². The lowest BCUT2D eigenvalue weighted by Crippen LogP contribution is -2.02. The van der Waals surface area contributed by atoms with Crippen molar-refractivity contribution >= 4 is 39.1 Å². The van der Waals surface area contributed by atoms with Crippen molar-refractivity contribution in [1.29, 1.82) is 0 Å². The molecule has 26 heavy (non-hydrogen) atoms. The second-order valence-electron chi connectivity index (χ2n) is 5.69. The first-order chi connectivity index (χ1) is 12.5. The molecule has 1 aromatic carbocycles. The maximum Gasteiger partial charge on any atom is 0.158 e. The average Bonchev–Trinajstić information content (AvgIpc) is 2.62. The highest BCUT2D eigenvalue weighted by Crippen LogP contribution is 2.28. The van der Waals surface area contributed by atoms with Gasteiger partial charge in [-0.1, -0.05) is 15.9 Å². The van der Waals surface area contributed by atoms with Gasteiger partial charge in [0.2, 0.25) is 0 Å². The molecule has 0 spiro atoms. The fourth-order valence-electron chi connectivity index (χ4n) is 2.55. The molecular weight excluding hydrogens is 420 g/mol. The predicted molar refractivity (Wildman–Crippen MR) is 105 cm³/mol. The van der Waals surface area contributed by atoms with Crippen LogP contribution in [0.15, 0.2) is 52.4 Å². The van der Waals surface area contributed by atoms with Gasteiger partial charge in [-0.3, -0.25) is 4.98 Å². The minimum absolute atomic E-state index is 0.309. The standard InChI is InChI=1S/C19H16BrF2N3S/c1-11-13(7-12-5-6-24-19(26-2)18(12)22)9-23-10-17(11)25-16-4-3-14(20)8-15(16)21/h3-6,8-10,25H,7H2,1-2H3. The lowest BCUT2D eigenvalue weighted by molar-refractivity contribution is 0.574. The van der Waals surface area contributed by atoms with Gasteiger partial charge in [0, 0.05) is 23.3 Å². The highest BCUT2D eigenvalue weighted by atomic mass is 79.9. The van der Waals surface area contributed by atoms with Crippen molar-refractivity contribution in [2.45, 2.75) is 18.4 Å². The van der Waals surface area contributed by atoms with E-state index < -0.39 is 0 Å². The topological polar surface area (TPSA) is 37.8 Å². The molecule has 3 nitrogen and oxygen atoms in total. The van der Waals surface area contributed by atoms with Gasteiger partial charge < -0.3 is 5.32 Å². The Hall–Kier alpha value is -1.99. The van der Waals surface area contributed by atoms with Crippen LogP contribution in [0.5, 0.6) is 0 Å². The van der Waals surface area contributed by atoms with E-state index in [9.17, 15) is 8.78 Å². The van der Waals surface area contributed by atoms with Crippen LogP contribution in [0.25, 0.3) is 0 Å². The van der Waals surface area contributed by atoms with Crippen LogP contribution < -0.4 is 5.32 Å². The molecule has 3 aromatic rings. The SMILES string of the molecule is CSc1nccc(Cc2cncc(Nc3ccc(Br)cc3F)c2C)c1F. The molecule has 0 bridgehead atoms. The van der Waals surface area contributed by atoms with Gasteiger partial charge in [0.05, 0.1) is 17.6 Å².